The number of fused-ring (bicyclic) bond motifs is 1. The topological polar surface area (TPSA) is 90.2 Å². The summed E-state index contributed by atoms with van der Waals surface area (Å²) in [6.45, 7) is 5.89. The lowest BCUT2D eigenvalue weighted by Crippen LogP contribution is -2.62. The summed E-state index contributed by atoms with van der Waals surface area (Å²) >= 11 is 1.80. The van der Waals surface area contributed by atoms with Crippen molar-refractivity contribution >= 4 is 21.4 Å². The van der Waals surface area contributed by atoms with E-state index in [1.807, 2.05) is 19.1 Å². The van der Waals surface area contributed by atoms with E-state index in [9.17, 15) is 20.4 Å². The van der Waals surface area contributed by atoms with Gasteiger partial charge in [-0.25, -0.2) is 0 Å². The third-order valence-electron chi connectivity index (χ3n) is 6.73. The molecule has 0 saturated carbocycles. The van der Waals surface area contributed by atoms with Crippen LogP contribution >= 0.6 is 11.3 Å². The monoisotopic (exact) mass is 430 g/mol. The molecular weight excluding hydrogens is 400 g/mol. The van der Waals surface area contributed by atoms with Crippen molar-refractivity contribution in [3.05, 3.63) is 58.5 Å². The van der Waals surface area contributed by atoms with Crippen LogP contribution in [0.25, 0.3) is 10.1 Å². The first kappa shape index (κ1) is 21.7. The van der Waals surface area contributed by atoms with Crippen molar-refractivity contribution in [1.29, 1.82) is 0 Å². The van der Waals surface area contributed by atoms with Crippen LogP contribution in [0, 0.1) is 5.41 Å². The van der Waals surface area contributed by atoms with Crippen LogP contribution in [0.1, 0.15) is 38.0 Å². The number of ether oxygens (including phenoxy) is 1. The Morgan fingerprint density at radius 2 is 1.90 bits per heavy atom. The van der Waals surface area contributed by atoms with E-state index in [2.05, 4.69) is 44.2 Å². The lowest BCUT2D eigenvalue weighted by atomic mass is 9.68. The van der Waals surface area contributed by atoms with Gasteiger partial charge in [0.25, 0.3) is 0 Å². The maximum atomic E-state index is 10.7. The summed E-state index contributed by atoms with van der Waals surface area (Å²) in [6.07, 6.45) is -0.825. The molecule has 2 heterocycles. The molecule has 0 bridgehead atoms. The molecule has 1 fully saturated rings. The molecule has 1 aliphatic carbocycles. The number of benzene rings is 1. The van der Waals surface area contributed by atoms with E-state index in [0.717, 1.165) is 0 Å². The normalized spacial score (nSPS) is 35.8. The van der Waals surface area contributed by atoms with Gasteiger partial charge in [0.2, 0.25) is 0 Å². The summed E-state index contributed by atoms with van der Waals surface area (Å²) in [5, 5.41) is 41.9. The molecule has 4 rings (SSSR count). The fourth-order valence-corrected chi connectivity index (χ4v) is 5.91. The summed E-state index contributed by atoms with van der Waals surface area (Å²) in [5.41, 5.74) is 1.89. The van der Waals surface area contributed by atoms with Gasteiger partial charge in [0.1, 0.15) is 24.4 Å². The van der Waals surface area contributed by atoms with Gasteiger partial charge in [-0.2, -0.15) is 0 Å². The second-order valence-electron chi connectivity index (χ2n) is 8.88. The number of rotatable bonds is 4. The van der Waals surface area contributed by atoms with E-state index in [1.54, 1.807) is 11.3 Å². The molecule has 30 heavy (non-hydrogen) atoms. The molecule has 0 spiro atoms. The zero-order valence-electron chi connectivity index (χ0n) is 17.5. The quantitative estimate of drug-likeness (QED) is 0.598. The van der Waals surface area contributed by atoms with Gasteiger partial charge in [0.15, 0.2) is 0 Å². The van der Waals surface area contributed by atoms with Crippen LogP contribution in [0.4, 0.5) is 0 Å². The number of hydrogen-bond acceptors (Lipinski definition) is 6. The molecule has 1 aromatic heterocycles. The highest BCUT2D eigenvalue weighted by atomic mass is 32.1. The Bertz CT molecular complexity index is 944. The van der Waals surface area contributed by atoms with Crippen LogP contribution in [-0.2, 0) is 4.74 Å². The number of aliphatic hydroxyl groups is 4. The fraction of sp³-hybridized carbons (Fsp3) is 0.500. The molecular formula is C24H30O5S. The molecule has 1 saturated heterocycles. The minimum absolute atomic E-state index is 0.205. The number of aliphatic hydroxyl groups excluding tert-OH is 4. The van der Waals surface area contributed by atoms with Crippen molar-refractivity contribution in [2.75, 3.05) is 6.61 Å². The van der Waals surface area contributed by atoms with Crippen LogP contribution in [0.15, 0.2) is 53.6 Å². The standard InChI is InChI=1S/C24H30O5S/c1-13-8-9-24(3,23-22(28)21(27)20(26)17(12-25)29-23)11-16(13)14(2)19-10-15-6-4-5-7-18(15)30-19/h4-10,14,17,20-23,25-28H,11-12H2,1-3H3. The molecule has 5 nitrogen and oxygen atoms in total. The van der Waals surface area contributed by atoms with Crippen molar-refractivity contribution in [3.63, 3.8) is 0 Å². The fourth-order valence-electron chi connectivity index (χ4n) is 4.76. The molecule has 162 valence electrons. The number of hydrogen-bond donors (Lipinski definition) is 4. The number of thiophene rings is 1. The molecule has 4 N–H and O–H groups in total. The van der Waals surface area contributed by atoms with Gasteiger partial charge in [-0.3, -0.25) is 0 Å². The Labute approximate surface area is 180 Å². The van der Waals surface area contributed by atoms with Gasteiger partial charge >= 0.3 is 0 Å². The van der Waals surface area contributed by atoms with Gasteiger partial charge in [0.05, 0.1) is 12.7 Å². The van der Waals surface area contributed by atoms with Crippen molar-refractivity contribution in [1.82, 2.24) is 0 Å². The average molecular weight is 431 g/mol. The SMILES string of the molecule is CC1=C(C(C)c2cc3ccccc3s2)CC(C)(C2OC(CO)C(O)C(O)C2O)C=C1. The van der Waals surface area contributed by atoms with Gasteiger partial charge in [-0.1, -0.05) is 55.3 Å². The van der Waals surface area contributed by atoms with Crippen molar-refractivity contribution in [3.8, 4) is 0 Å². The summed E-state index contributed by atoms with van der Waals surface area (Å²) in [7, 11) is 0. The Morgan fingerprint density at radius 3 is 2.60 bits per heavy atom. The summed E-state index contributed by atoms with van der Waals surface area (Å²) < 4.78 is 7.17. The van der Waals surface area contributed by atoms with Crippen molar-refractivity contribution < 1.29 is 25.2 Å². The van der Waals surface area contributed by atoms with Crippen LogP contribution in [0.3, 0.4) is 0 Å². The molecule has 1 aromatic carbocycles. The Balaban J connectivity index is 1.63. The van der Waals surface area contributed by atoms with E-state index < -0.39 is 42.5 Å². The van der Waals surface area contributed by atoms with Crippen molar-refractivity contribution in [2.24, 2.45) is 5.41 Å². The zero-order valence-corrected chi connectivity index (χ0v) is 18.3. The highest BCUT2D eigenvalue weighted by Gasteiger charge is 2.50. The maximum absolute atomic E-state index is 10.7. The molecule has 2 aromatic rings. The smallest absolute Gasteiger partial charge is 0.111 e. The highest BCUT2D eigenvalue weighted by Crippen LogP contribution is 2.47. The molecule has 6 heteroatoms. The lowest BCUT2D eigenvalue weighted by Gasteiger charge is -2.48. The van der Waals surface area contributed by atoms with Crippen LogP contribution in [-0.4, -0.2) is 57.6 Å². The first-order valence-electron chi connectivity index (χ1n) is 10.4. The minimum atomic E-state index is -1.36. The van der Waals surface area contributed by atoms with Gasteiger partial charge in [-0.15, -0.1) is 11.3 Å². The first-order valence-corrected chi connectivity index (χ1v) is 11.2. The summed E-state index contributed by atoms with van der Waals surface area (Å²) in [4.78, 5) is 1.29. The van der Waals surface area contributed by atoms with Crippen LogP contribution in [0.2, 0.25) is 0 Å². The molecule has 7 unspecified atom stereocenters. The molecule has 7 atom stereocenters. The largest absolute Gasteiger partial charge is 0.394 e. The minimum Gasteiger partial charge on any atom is -0.394 e. The molecule has 0 radical (unpaired) electrons. The molecule has 0 amide bonds. The summed E-state index contributed by atoms with van der Waals surface area (Å²) in [6, 6.07) is 10.6. The van der Waals surface area contributed by atoms with E-state index >= 15 is 0 Å². The Hall–Kier alpha value is -1.54. The van der Waals surface area contributed by atoms with E-state index in [-0.39, 0.29) is 5.92 Å². The van der Waals surface area contributed by atoms with E-state index in [0.29, 0.717) is 6.42 Å². The van der Waals surface area contributed by atoms with Gasteiger partial charge in [0, 0.05) is 20.9 Å². The lowest BCUT2D eigenvalue weighted by molar-refractivity contribution is -0.249. The second kappa shape index (κ2) is 8.19. The van der Waals surface area contributed by atoms with E-state index in [4.69, 9.17) is 4.74 Å². The van der Waals surface area contributed by atoms with E-state index in [1.165, 1.54) is 26.1 Å². The van der Waals surface area contributed by atoms with Crippen LogP contribution in [0.5, 0.6) is 0 Å². The maximum Gasteiger partial charge on any atom is 0.111 e. The zero-order chi connectivity index (χ0) is 21.6. The Morgan fingerprint density at radius 1 is 1.17 bits per heavy atom. The molecule has 1 aliphatic heterocycles. The number of allylic oxidation sites excluding steroid dienone is 3. The van der Waals surface area contributed by atoms with Gasteiger partial charge in [-0.05, 0) is 30.9 Å². The average Bonchev–Trinajstić information content (AvgIpc) is 3.18. The Kier molecular flexibility index (Phi) is 5.92. The predicted molar refractivity (Wildman–Crippen MR) is 119 cm³/mol. The van der Waals surface area contributed by atoms with Crippen LogP contribution < -0.4 is 0 Å². The third kappa shape index (κ3) is 3.66. The first-order chi connectivity index (χ1) is 14.2. The second-order valence-corrected chi connectivity index (χ2v) is 10.00. The van der Waals surface area contributed by atoms with Crippen molar-refractivity contribution in [2.45, 2.75) is 63.6 Å². The molecule has 2 aliphatic rings. The van der Waals surface area contributed by atoms with Gasteiger partial charge < -0.3 is 25.2 Å². The third-order valence-corrected chi connectivity index (χ3v) is 8.03. The predicted octanol–water partition coefficient (Wildman–Crippen LogP) is 3.13. The highest BCUT2D eigenvalue weighted by molar-refractivity contribution is 7.19. The summed E-state index contributed by atoms with van der Waals surface area (Å²) in [5.74, 6) is 0.205.